The fourth-order valence-electron chi connectivity index (χ4n) is 2.67. The van der Waals surface area contributed by atoms with Crippen molar-refractivity contribution in [2.24, 2.45) is 0 Å². The zero-order valence-electron chi connectivity index (χ0n) is 15.2. The van der Waals surface area contributed by atoms with Crippen LogP contribution < -0.4 is 14.8 Å². The number of nitrogens with one attached hydrogen (secondary N) is 1. The molecule has 1 amide bonds. The molecule has 2 aromatic rings. The molecule has 0 saturated carbocycles. The lowest BCUT2D eigenvalue weighted by Crippen LogP contribution is -2.30. The number of aliphatic carboxylic acids is 1. The van der Waals surface area contributed by atoms with Crippen molar-refractivity contribution in [2.45, 2.75) is 25.3 Å². The van der Waals surface area contributed by atoms with Crippen molar-refractivity contribution in [2.75, 3.05) is 14.2 Å². The largest absolute Gasteiger partial charge is 0.493 e. The van der Waals surface area contributed by atoms with Gasteiger partial charge in [0.2, 0.25) is 5.91 Å². The van der Waals surface area contributed by atoms with Crippen molar-refractivity contribution >= 4 is 11.9 Å². The van der Waals surface area contributed by atoms with Crippen LogP contribution in [0, 0.1) is 5.82 Å². The minimum absolute atomic E-state index is 0.162. The van der Waals surface area contributed by atoms with Crippen LogP contribution in [0.15, 0.2) is 42.5 Å². The first-order chi connectivity index (χ1) is 12.9. The van der Waals surface area contributed by atoms with Crippen LogP contribution in [0.4, 0.5) is 4.39 Å². The predicted molar refractivity (Wildman–Crippen MR) is 97.4 cm³/mol. The van der Waals surface area contributed by atoms with Crippen molar-refractivity contribution in [1.29, 1.82) is 0 Å². The van der Waals surface area contributed by atoms with E-state index in [1.165, 1.54) is 26.4 Å². The smallest absolute Gasteiger partial charge is 0.305 e. The number of benzene rings is 2. The summed E-state index contributed by atoms with van der Waals surface area (Å²) in [6, 6.07) is 10.2. The summed E-state index contributed by atoms with van der Waals surface area (Å²) in [5, 5.41) is 11.9. The fraction of sp³-hybridized carbons (Fsp3) is 0.300. The maximum atomic E-state index is 12.9. The van der Waals surface area contributed by atoms with E-state index in [2.05, 4.69) is 5.32 Å². The number of carbonyl (C=O) groups excluding carboxylic acids is 1. The zero-order valence-corrected chi connectivity index (χ0v) is 15.2. The monoisotopic (exact) mass is 375 g/mol. The molecular formula is C20H22FNO5. The van der Waals surface area contributed by atoms with Gasteiger partial charge in [-0.15, -0.1) is 0 Å². The average molecular weight is 375 g/mol. The first kappa shape index (κ1) is 20.2. The van der Waals surface area contributed by atoms with E-state index in [-0.39, 0.29) is 24.6 Å². The highest BCUT2D eigenvalue weighted by Gasteiger charge is 2.20. The number of halogens is 1. The van der Waals surface area contributed by atoms with E-state index in [1.807, 2.05) is 0 Å². The summed E-state index contributed by atoms with van der Waals surface area (Å²) in [6.45, 7) is 0. The lowest BCUT2D eigenvalue weighted by molar-refractivity contribution is -0.137. The number of carboxylic acids is 1. The maximum absolute atomic E-state index is 12.9. The van der Waals surface area contributed by atoms with E-state index in [0.29, 0.717) is 23.5 Å². The Bertz CT molecular complexity index is 791. The van der Waals surface area contributed by atoms with Gasteiger partial charge < -0.3 is 19.9 Å². The molecule has 1 atom stereocenters. The van der Waals surface area contributed by atoms with E-state index in [9.17, 15) is 19.1 Å². The lowest BCUT2D eigenvalue weighted by Gasteiger charge is -2.19. The van der Waals surface area contributed by atoms with E-state index in [1.54, 1.807) is 30.3 Å². The fourth-order valence-corrected chi connectivity index (χ4v) is 2.67. The van der Waals surface area contributed by atoms with Crippen molar-refractivity contribution in [1.82, 2.24) is 5.32 Å². The number of carboxylic acid groups (broad SMARTS) is 1. The van der Waals surface area contributed by atoms with Gasteiger partial charge in [-0.3, -0.25) is 9.59 Å². The normalized spacial score (nSPS) is 11.5. The summed E-state index contributed by atoms with van der Waals surface area (Å²) < 4.78 is 23.3. The number of hydrogen-bond donors (Lipinski definition) is 2. The second-order valence-electron chi connectivity index (χ2n) is 5.96. The molecule has 0 fully saturated rings. The highest BCUT2D eigenvalue weighted by Crippen LogP contribution is 2.31. The summed E-state index contributed by atoms with van der Waals surface area (Å²) in [5.41, 5.74) is 1.43. The Morgan fingerprint density at radius 2 is 1.74 bits per heavy atom. The Labute approximate surface area is 156 Å². The molecular weight excluding hydrogens is 353 g/mol. The molecule has 27 heavy (non-hydrogen) atoms. The van der Waals surface area contributed by atoms with Crippen LogP contribution in [0.3, 0.4) is 0 Å². The third-order valence-corrected chi connectivity index (χ3v) is 4.08. The van der Waals surface area contributed by atoms with Gasteiger partial charge in [-0.1, -0.05) is 18.2 Å². The molecule has 0 aliphatic heterocycles. The zero-order chi connectivity index (χ0) is 19.8. The molecule has 0 spiro atoms. The van der Waals surface area contributed by atoms with Gasteiger partial charge in [-0.05, 0) is 41.8 Å². The Kier molecular flexibility index (Phi) is 7.16. The Balaban J connectivity index is 2.08. The standard InChI is InChI=1S/C20H22FNO5/c1-26-17-9-6-14(11-18(17)27-2)16(12-20(24)25)22-19(23)10-5-13-3-7-15(21)8-4-13/h3-4,6-9,11,16H,5,10,12H2,1-2H3,(H,22,23)(H,24,25). The van der Waals surface area contributed by atoms with Crippen molar-refractivity contribution in [3.63, 3.8) is 0 Å². The summed E-state index contributed by atoms with van der Waals surface area (Å²) in [5.74, 6) is -0.698. The minimum atomic E-state index is -1.03. The molecule has 0 aliphatic carbocycles. The van der Waals surface area contributed by atoms with Crippen LogP contribution in [0.2, 0.25) is 0 Å². The average Bonchev–Trinajstić information content (AvgIpc) is 2.66. The number of aryl methyl sites for hydroxylation is 1. The van der Waals surface area contributed by atoms with Crippen LogP contribution in [0.1, 0.15) is 30.0 Å². The van der Waals surface area contributed by atoms with Crippen molar-refractivity contribution < 1.29 is 28.6 Å². The van der Waals surface area contributed by atoms with Gasteiger partial charge in [-0.25, -0.2) is 4.39 Å². The van der Waals surface area contributed by atoms with Crippen LogP contribution in [0.5, 0.6) is 11.5 Å². The van der Waals surface area contributed by atoms with Crippen LogP contribution >= 0.6 is 0 Å². The van der Waals surface area contributed by atoms with E-state index < -0.39 is 12.0 Å². The van der Waals surface area contributed by atoms with Crippen molar-refractivity contribution in [3.05, 3.63) is 59.4 Å². The van der Waals surface area contributed by atoms with Gasteiger partial charge in [-0.2, -0.15) is 0 Å². The number of amides is 1. The number of methoxy groups -OCH3 is 2. The minimum Gasteiger partial charge on any atom is -0.493 e. The summed E-state index contributed by atoms with van der Waals surface area (Å²) >= 11 is 0. The highest BCUT2D eigenvalue weighted by atomic mass is 19.1. The van der Waals surface area contributed by atoms with Crippen molar-refractivity contribution in [3.8, 4) is 11.5 Å². The van der Waals surface area contributed by atoms with E-state index in [4.69, 9.17) is 9.47 Å². The van der Waals surface area contributed by atoms with Gasteiger partial charge in [0.05, 0.1) is 26.7 Å². The molecule has 2 rings (SSSR count). The predicted octanol–water partition coefficient (Wildman–Crippen LogP) is 3.11. The molecule has 0 heterocycles. The Hall–Kier alpha value is -3.09. The quantitative estimate of drug-likeness (QED) is 0.703. The van der Waals surface area contributed by atoms with Crippen LogP contribution in [-0.2, 0) is 16.0 Å². The Morgan fingerprint density at radius 1 is 1.07 bits per heavy atom. The van der Waals surface area contributed by atoms with E-state index in [0.717, 1.165) is 5.56 Å². The Morgan fingerprint density at radius 3 is 2.33 bits per heavy atom. The number of hydrogen-bond acceptors (Lipinski definition) is 4. The molecule has 7 heteroatoms. The maximum Gasteiger partial charge on any atom is 0.305 e. The summed E-state index contributed by atoms with van der Waals surface area (Å²) in [7, 11) is 2.98. The molecule has 1 unspecified atom stereocenters. The first-order valence-corrected chi connectivity index (χ1v) is 8.40. The number of carbonyl (C=O) groups is 2. The second kappa shape index (κ2) is 9.56. The van der Waals surface area contributed by atoms with Gasteiger partial charge >= 0.3 is 5.97 Å². The first-order valence-electron chi connectivity index (χ1n) is 8.40. The van der Waals surface area contributed by atoms with Gasteiger partial charge in [0, 0.05) is 6.42 Å². The number of ether oxygens (including phenoxy) is 2. The summed E-state index contributed by atoms with van der Waals surface area (Å²) in [4.78, 5) is 23.5. The topological polar surface area (TPSA) is 84.9 Å². The second-order valence-corrected chi connectivity index (χ2v) is 5.96. The molecule has 6 nitrogen and oxygen atoms in total. The van der Waals surface area contributed by atoms with Gasteiger partial charge in [0.15, 0.2) is 11.5 Å². The lowest BCUT2D eigenvalue weighted by atomic mass is 10.0. The summed E-state index contributed by atoms with van der Waals surface area (Å²) in [6.07, 6.45) is 0.324. The van der Waals surface area contributed by atoms with Gasteiger partial charge in [0.1, 0.15) is 5.82 Å². The number of rotatable bonds is 9. The molecule has 0 aliphatic rings. The molecule has 144 valence electrons. The molecule has 2 N–H and O–H groups in total. The third-order valence-electron chi connectivity index (χ3n) is 4.08. The SMILES string of the molecule is COc1ccc(C(CC(=O)O)NC(=O)CCc2ccc(F)cc2)cc1OC. The van der Waals surface area contributed by atoms with E-state index >= 15 is 0 Å². The van der Waals surface area contributed by atoms with Crippen LogP contribution in [0.25, 0.3) is 0 Å². The molecule has 2 aromatic carbocycles. The molecule has 0 bridgehead atoms. The third kappa shape index (κ3) is 5.99. The molecule has 0 aromatic heterocycles. The highest BCUT2D eigenvalue weighted by molar-refractivity contribution is 5.78. The molecule has 0 radical (unpaired) electrons. The van der Waals surface area contributed by atoms with Gasteiger partial charge in [0.25, 0.3) is 0 Å². The van der Waals surface area contributed by atoms with Crippen LogP contribution in [-0.4, -0.2) is 31.2 Å². The molecule has 0 saturated heterocycles.